The SMILES string of the molecule is CCNC(=NCc1ccc(C(=O)OC)c(OC)c1)NC1CCCC(S(=O)CC)C1.I. The molecule has 170 valence electrons. The van der Waals surface area contributed by atoms with Gasteiger partial charge in [-0.25, -0.2) is 9.79 Å². The lowest BCUT2D eigenvalue weighted by Gasteiger charge is -2.30. The first kappa shape index (κ1) is 26.7. The third-order valence-corrected chi connectivity index (χ3v) is 6.80. The molecule has 1 aromatic carbocycles. The standard InChI is InChI=1S/C21H33N3O4S.HI/c1-5-22-21(24-16-8-7-9-17(13-16)29(26)6-2)23-14-15-10-11-18(20(25)28-4)19(12-15)27-3;/h10-12,16-17H,5-9,13-14H2,1-4H3,(H2,22,23,24);1H. The molecule has 1 aliphatic carbocycles. The number of rotatable bonds is 8. The maximum absolute atomic E-state index is 12.2. The van der Waals surface area contributed by atoms with Crippen molar-refractivity contribution in [1.29, 1.82) is 0 Å². The third kappa shape index (κ3) is 7.72. The number of carbonyl (C=O) groups excluding carboxylic acids is 1. The minimum absolute atomic E-state index is 0. The maximum Gasteiger partial charge on any atom is 0.341 e. The van der Waals surface area contributed by atoms with Gasteiger partial charge in [0.2, 0.25) is 0 Å². The van der Waals surface area contributed by atoms with Crippen LogP contribution in [-0.4, -0.2) is 53.9 Å². The molecule has 3 atom stereocenters. The first-order valence-corrected chi connectivity index (χ1v) is 11.6. The van der Waals surface area contributed by atoms with Crippen LogP contribution in [0.2, 0.25) is 0 Å². The highest BCUT2D eigenvalue weighted by atomic mass is 127. The molecule has 1 aliphatic rings. The maximum atomic E-state index is 12.2. The molecular weight excluding hydrogens is 517 g/mol. The van der Waals surface area contributed by atoms with Gasteiger partial charge in [-0.15, -0.1) is 24.0 Å². The number of aliphatic imine (C=N–C) groups is 1. The number of ether oxygens (including phenoxy) is 2. The highest BCUT2D eigenvalue weighted by Gasteiger charge is 2.26. The van der Waals surface area contributed by atoms with Crippen molar-refractivity contribution in [3.05, 3.63) is 29.3 Å². The lowest BCUT2D eigenvalue weighted by Crippen LogP contribution is -2.46. The minimum atomic E-state index is -0.749. The van der Waals surface area contributed by atoms with Crippen molar-refractivity contribution in [1.82, 2.24) is 10.6 Å². The van der Waals surface area contributed by atoms with Crippen LogP contribution in [0.3, 0.4) is 0 Å². The Morgan fingerprint density at radius 1 is 1.27 bits per heavy atom. The van der Waals surface area contributed by atoms with Crippen molar-refractivity contribution in [2.45, 2.75) is 57.4 Å². The number of esters is 1. The van der Waals surface area contributed by atoms with Gasteiger partial charge in [-0.05, 0) is 43.9 Å². The Morgan fingerprint density at radius 2 is 2.03 bits per heavy atom. The molecule has 30 heavy (non-hydrogen) atoms. The number of nitrogens with one attached hydrogen (secondary N) is 2. The topological polar surface area (TPSA) is 89.0 Å². The van der Waals surface area contributed by atoms with Crippen LogP contribution in [0.4, 0.5) is 0 Å². The summed E-state index contributed by atoms with van der Waals surface area (Å²) in [5, 5.41) is 7.05. The zero-order chi connectivity index (χ0) is 21.2. The largest absolute Gasteiger partial charge is 0.496 e. The van der Waals surface area contributed by atoms with Gasteiger partial charge in [-0.1, -0.05) is 19.4 Å². The number of nitrogens with zero attached hydrogens (tertiary/aromatic N) is 1. The first-order valence-electron chi connectivity index (χ1n) is 10.2. The Labute approximate surface area is 199 Å². The Balaban J connectivity index is 0.00000450. The highest BCUT2D eigenvalue weighted by Crippen LogP contribution is 2.23. The van der Waals surface area contributed by atoms with Crippen LogP contribution < -0.4 is 15.4 Å². The van der Waals surface area contributed by atoms with Gasteiger partial charge >= 0.3 is 5.97 Å². The van der Waals surface area contributed by atoms with Gasteiger partial charge in [0.25, 0.3) is 0 Å². The normalized spacial score (nSPS) is 19.9. The van der Waals surface area contributed by atoms with Gasteiger partial charge in [0.1, 0.15) is 11.3 Å². The predicted molar refractivity (Wildman–Crippen MR) is 132 cm³/mol. The Hall–Kier alpha value is -1.36. The molecule has 0 spiro atoms. The predicted octanol–water partition coefficient (Wildman–Crippen LogP) is 3.23. The summed E-state index contributed by atoms with van der Waals surface area (Å²) in [5.74, 6) is 1.51. The molecule has 0 amide bonds. The van der Waals surface area contributed by atoms with Gasteiger partial charge in [-0.2, -0.15) is 0 Å². The minimum Gasteiger partial charge on any atom is -0.496 e. The smallest absolute Gasteiger partial charge is 0.341 e. The molecule has 9 heteroatoms. The van der Waals surface area contributed by atoms with E-state index in [9.17, 15) is 9.00 Å². The summed E-state index contributed by atoms with van der Waals surface area (Å²) in [6, 6.07) is 5.63. The van der Waals surface area contributed by atoms with Crippen LogP contribution in [0.15, 0.2) is 23.2 Å². The van der Waals surface area contributed by atoms with Crippen LogP contribution >= 0.6 is 24.0 Å². The van der Waals surface area contributed by atoms with E-state index >= 15 is 0 Å². The number of hydrogen-bond donors (Lipinski definition) is 2. The molecule has 0 bridgehead atoms. The van der Waals surface area contributed by atoms with Crippen molar-refractivity contribution in [2.24, 2.45) is 4.99 Å². The molecule has 0 aliphatic heterocycles. The number of benzene rings is 1. The molecule has 0 heterocycles. The third-order valence-electron chi connectivity index (χ3n) is 5.06. The lowest BCUT2D eigenvalue weighted by molar-refractivity contribution is 0.0597. The summed E-state index contributed by atoms with van der Waals surface area (Å²) in [4.78, 5) is 16.5. The molecule has 2 rings (SSSR count). The van der Waals surface area contributed by atoms with Crippen molar-refractivity contribution in [2.75, 3.05) is 26.5 Å². The molecule has 3 unspecified atom stereocenters. The summed E-state index contributed by atoms with van der Waals surface area (Å²) in [6.45, 7) is 5.22. The van der Waals surface area contributed by atoms with Crippen molar-refractivity contribution in [3.8, 4) is 5.75 Å². The van der Waals surface area contributed by atoms with E-state index in [2.05, 4.69) is 15.6 Å². The van der Waals surface area contributed by atoms with E-state index < -0.39 is 16.8 Å². The molecule has 0 radical (unpaired) electrons. The second kappa shape index (κ2) is 13.8. The van der Waals surface area contributed by atoms with Crippen LogP contribution in [0, 0.1) is 0 Å². The second-order valence-electron chi connectivity index (χ2n) is 7.02. The van der Waals surface area contributed by atoms with Gasteiger partial charge in [-0.3, -0.25) is 4.21 Å². The van der Waals surface area contributed by atoms with E-state index in [1.54, 1.807) is 12.1 Å². The van der Waals surface area contributed by atoms with Crippen LogP contribution in [0.1, 0.15) is 55.5 Å². The number of methoxy groups -OCH3 is 2. The quantitative estimate of drug-likeness (QED) is 0.223. The van der Waals surface area contributed by atoms with E-state index in [4.69, 9.17) is 9.47 Å². The molecule has 2 N–H and O–H groups in total. The summed E-state index contributed by atoms with van der Waals surface area (Å²) in [5.41, 5.74) is 1.32. The van der Waals surface area contributed by atoms with Crippen LogP contribution in [0.5, 0.6) is 5.75 Å². The van der Waals surface area contributed by atoms with Crippen molar-refractivity contribution in [3.63, 3.8) is 0 Å². The van der Waals surface area contributed by atoms with Gasteiger partial charge < -0.3 is 20.1 Å². The Morgan fingerprint density at radius 3 is 2.67 bits per heavy atom. The monoisotopic (exact) mass is 551 g/mol. The van der Waals surface area contributed by atoms with Gasteiger partial charge in [0.05, 0.1) is 20.8 Å². The van der Waals surface area contributed by atoms with E-state index in [1.165, 1.54) is 14.2 Å². The molecule has 1 aromatic rings. The zero-order valence-electron chi connectivity index (χ0n) is 18.2. The van der Waals surface area contributed by atoms with Crippen molar-refractivity contribution >= 4 is 46.7 Å². The van der Waals surface area contributed by atoms with E-state index in [0.29, 0.717) is 17.9 Å². The number of halogens is 1. The molecule has 1 fully saturated rings. The van der Waals surface area contributed by atoms with E-state index in [0.717, 1.165) is 49.5 Å². The fourth-order valence-corrected chi connectivity index (χ4v) is 4.89. The number of carbonyl (C=O) groups is 1. The highest BCUT2D eigenvalue weighted by molar-refractivity contribution is 14.0. The molecular formula is C21H34IN3O4S. The fraction of sp³-hybridized carbons (Fsp3) is 0.619. The first-order chi connectivity index (χ1) is 14.0. The van der Waals surface area contributed by atoms with Gasteiger partial charge in [0, 0.05) is 34.4 Å². The lowest BCUT2D eigenvalue weighted by atomic mass is 9.95. The summed E-state index contributed by atoms with van der Waals surface area (Å²) in [6.07, 6.45) is 4.09. The van der Waals surface area contributed by atoms with E-state index in [1.807, 2.05) is 19.9 Å². The summed E-state index contributed by atoms with van der Waals surface area (Å²) >= 11 is 0. The molecule has 0 aromatic heterocycles. The van der Waals surface area contributed by atoms with Gasteiger partial charge in [0.15, 0.2) is 5.96 Å². The Kier molecular flexibility index (Phi) is 12.3. The van der Waals surface area contributed by atoms with E-state index in [-0.39, 0.29) is 35.3 Å². The average molecular weight is 551 g/mol. The zero-order valence-corrected chi connectivity index (χ0v) is 21.4. The van der Waals surface area contributed by atoms with Crippen LogP contribution in [-0.2, 0) is 22.1 Å². The number of hydrogen-bond acceptors (Lipinski definition) is 5. The molecule has 0 saturated heterocycles. The van der Waals surface area contributed by atoms with Crippen molar-refractivity contribution < 1.29 is 18.5 Å². The fourth-order valence-electron chi connectivity index (χ4n) is 3.55. The molecule has 7 nitrogen and oxygen atoms in total. The second-order valence-corrected chi connectivity index (χ2v) is 9.03. The number of guanidine groups is 1. The molecule has 1 saturated carbocycles. The van der Waals surface area contributed by atoms with Crippen LogP contribution in [0.25, 0.3) is 0 Å². The summed E-state index contributed by atoms with van der Waals surface area (Å²) < 4.78 is 22.3. The summed E-state index contributed by atoms with van der Waals surface area (Å²) in [7, 11) is 2.13. The Bertz CT molecular complexity index is 745. The average Bonchev–Trinajstić information content (AvgIpc) is 2.76.